The number of rotatable bonds is 7. The molecule has 3 aromatic rings. The van der Waals surface area contributed by atoms with Crippen molar-refractivity contribution in [3.63, 3.8) is 0 Å². The van der Waals surface area contributed by atoms with Gasteiger partial charge in [0.2, 0.25) is 0 Å². The van der Waals surface area contributed by atoms with Gasteiger partial charge in [-0.05, 0) is 54.3 Å². The van der Waals surface area contributed by atoms with Crippen molar-refractivity contribution < 1.29 is 18.3 Å². The summed E-state index contributed by atoms with van der Waals surface area (Å²) < 4.78 is 23.8. The SMILES string of the molecule is O=C(NCCc1cccs1)c1ccc(COc2ccc(F)cc2)o1. The van der Waals surface area contributed by atoms with E-state index in [1.54, 1.807) is 23.5 Å². The monoisotopic (exact) mass is 345 g/mol. The Morgan fingerprint density at radius 2 is 2.00 bits per heavy atom. The fraction of sp³-hybridized carbons (Fsp3) is 0.167. The van der Waals surface area contributed by atoms with E-state index in [0.29, 0.717) is 18.1 Å². The standard InChI is InChI=1S/C18H16FNO3S/c19-13-3-5-14(6-4-13)22-12-15-7-8-17(23-15)18(21)20-10-9-16-2-1-11-24-16/h1-8,11H,9-10,12H2,(H,20,21). The van der Waals surface area contributed by atoms with Crippen LogP contribution in [0.2, 0.25) is 0 Å². The van der Waals surface area contributed by atoms with Crippen LogP contribution in [0.1, 0.15) is 21.2 Å². The molecule has 0 saturated carbocycles. The van der Waals surface area contributed by atoms with Crippen molar-refractivity contribution >= 4 is 17.2 Å². The van der Waals surface area contributed by atoms with Gasteiger partial charge in [0.15, 0.2) is 5.76 Å². The summed E-state index contributed by atoms with van der Waals surface area (Å²) in [4.78, 5) is 13.2. The first-order chi connectivity index (χ1) is 11.7. The summed E-state index contributed by atoms with van der Waals surface area (Å²) >= 11 is 1.67. The molecule has 24 heavy (non-hydrogen) atoms. The maximum Gasteiger partial charge on any atom is 0.287 e. The Labute approximate surface area is 142 Å². The molecule has 3 rings (SSSR count). The molecule has 2 heterocycles. The van der Waals surface area contributed by atoms with E-state index < -0.39 is 0 Å². The number of furan rings is 1. The highest BCUT2D eigenvalue weighted by Gasteiger charge is 2.11. The summed E-state index contributed by atoms with van der Waals surface area (Å²) in [5.41, 5.74) is 0. The number of hydrogen-bond donors (Lipinski definition) is 1. The van der Waals surface area contributed by atoms with Gasteiger partial charge in [-0.3, -0.25) is 4.79 Å². The predicted octanol–water partition coefficient (Wildman–Crippen LogP) is 4.03. The molecule has 0 atom stereocenters. The Morgan fingerprint density at radius 3 is 2.75 bits per heavy atom. The van der Waals surface area contributed by atoms with Gasteiger partial charge in [0.05, 0.1) is 0 Å². The topological polar surface area (TPSA) is 51.5 Å². The zero-order valence-electron chi connectivity index (χ0n) is 12.8. The van der Waals surface area contributed by atoms with Gasteiger partial charge in [-0.2, -0.15) is 0 Å². The number of thiophene rings is 1. The Hall–Kier alpha value is -2.60. The molecule has 2 aromatic heterocycles. The molecule has 0 aliphatic carbocycles. The molecule has 1 N–H and O–H groups in total. The molecule has 0 aliphatic heterocycles. The summed E-state index contributed by atoms with van der Waals surface area (Å²) in [5.74, 6) is 0.748. The maximum atomic E-state index is 12.8. The fourth-order valence-electron chi connectivity index (χ4n) is 2.10. The van der Waals surface area contributed by atoms with Gasteiger partial charge in [0.25, 0.3) is 5.91 Å². The summed E-state index contributed by atoms with van der Waals surface area (Å²) in [7, 11) is 0. The molecule has 0 spiro atoms. The lowest BCUT2D eigenvalue weighted by molar-refractivity contribution is 0.0922. The number of carbonyl (C=O) groups is 1. The average Bonchev–Trinajstić information content (AvgIpc) is 3.26. The van der Waals surface area contributed by atoms with Crippen LogP contribution in [-0.2, 0) is 13.0 Å². The van der Waals surface area contributed by atoms with Crippen LogP contribution in [-0.4, -0.2) is 12.5 Å². The molecular formula is C18H16FNO3S. The Kier molecular flexibility index (Phi) is 5.28. The Bertz CT molecular complexity index is 781. The minimum atomic E-state index is -0.318. The van der Waals surface area contributed by atoms with E-state index in [1.807, 2.05) is 17.5 Å². The van der Waals surface area contributed by atoms with E-state index in [0.717, 1.165) is 6.42 Å². The second-order valence-electron chi connectivity index (χ2n) is 5.09. The molecule has 124 valence electrons. The van der Waals surface area contributed by atoms with E-state index in [1.165, 1.54) is 29.1 Å². The van der Waals surface area contributed by atoms with Crippen LogP contribution >= 0.6 is 11.3 Å². The number of hydrogen-bond acceptors (Lipinski definition) is 4. The molecule has 0 unspecified atom stereocenters. The first-order valence-corrected chi connectivity index (χ1v) is 8.36. The average molecular weight is 345 g/mol. The molecule has 0 aliphatic rings. The van der Waals surface area contributed by atoms with Gasteiger partial charge in [0, 0.05) is 11.4 Å². The normalized spacial score (nSPS) is 10.5. The third-order valence-electron chi connectivity index (χ3n) is 3.32. The molecule has 0 radical (unpaired) electrons. The van der Waals surface area contributed by atoms with E-state index >= 15 is 0 Å². The zero-order chi connectivity index (χ0) is 16.8. The number of nitrogens with one attached hydrogen (secondary N) is 1. The van der Waals surface area contributed by atoms with Gasteiger partial charge in [0.1, 0.15) is 23.9 Å². The molecule has 4 nitrogen and oxygen atoms in total. The lowest BCUT2D eigenvalue weighted by Crippen LogP contribution is -2.25. The van der Waals surface area contributed by atoms with Crippen LogP contribution in [0.3, 0.4) is 0 Å². The highest BCUT2D eigenvalue weighted by atomic mass is 32.1. The minimum absolute atomic E-state index is 0.175. The maximum absolute atomic E-state index is 12.8. The van der Waals surface area contributed by atoms with Crippen LogP contribution in [0, 0.1) is 5.82 Å². The lowest BCUT2D eigenvalue weighted by atomic mass is 10.3. The van der Waals surface area contributed by atoms with Gasteiger partial charge in [-0.25, -0.2) is 4.39 Å². The first kappa shape index (κ1) is 16.3. The van der Waals surface area contributed by atoms with Crippen molar-refractivity contribution in [2.75, 3.05) is 6.54 Å². The fourth-order valence-corrected chi connectivity index (χ4v) is 2.81. The van der Waals surface area contributed by atoms with Crippen molar-refractivity contribution in [1.82, 2.24) is 5.32 Å². The van der Waals surface area contributed by atoms with Crippen LogP contribution < -0.4 is 10.1 Å². The minimum Gasteiger partial charge on any atom is -0.486 e. The van der Waals surface area contributed by atoms with Gasteiger partial charge >= 0.3 is 0 Å². The molecule has 1 aromatic carbocycles. The van der Waals surface area contributed by atoms with E-state index in [9.17, 15) is 9.18 Å². The molecule has 0 saturated heterocycles. The highest BCUT2D eigenvalue weighted by molar-refractivity contribution is 7.09. The lowest BCUT2D eigenvalue weighted by Gasteiger charge is -2.04. The molecule has 6 heteroatoms. The summed E-state index contributed by atoms with van der Waals surface area (Å²) in [6.07, 6.45) is 0.796. The number of ether oxygens (including phenoxy) is 1. The van der Waals surface area contributed by atoms with Crippen molar-refractivity contribution in [1.29, 1.82) is 0 Å². The number of amides is 1. The zero-order valence-corrected chi connectivity index (χ0v) is 13.6. The Balaban J connectivity index is 1.47. The van der Waals surface area contributed by atoms with Crippen LogP contribution in [0.5, 0.6) is 5.75 Å². The van der Waals surface area contributed by atoms with Crippen molar-refractivity contribution in [3.8, 4) is 5.75 Å². The summed E-state index contributed by atoms with van der Waals surface area (Å²) in [5, 5.41) is 4.83. The number of benzene rings is 1. The third-order valence-corrected chi connectivity index (χ3v) is 4.25. The van der Waals surface area contributed by atoms with Crippen LogP contribution in [0.25, 0.3) is 0 Å². The quantitative estimate of drug-likeness (QED) is 0.703. The van der Waals surface area contributed by atoms with Gasteiger partial charge in [-0.1, -0.05) is 6.07 Å². The number of halogens is 1. The number of carbonyl (C=O) groups excluding carboxylic acids is 1. The Morgan fingerprint density at radius 1 is 1.17 bits per heavy atom. The molecular weight excluding hydrogens is 329 g/mol. The predicted molar refractivity (Wildman–Crippen MR) is 89.8 cm³/mol. The summed E-state index contributed by atoms with van der Waals surface area (Å²) in [6, 6.07) is 13.1. The second kappa shape index (κ2) is 7.79. The first-order valence-electron chi connectivity index (χ1n) is 7.48. The highest BCUT2D eigenvalue weighted by Crippen LogP contribution is 2.15. The van der Waals surface area contributed by atoms with Crippen molar-refractivity contribution in [2.45, 2.75) is 13.0 Å². The van der Waals surface area contributed by atoms with Crippen molar-refractivity contribution in [3.05, 3.63) is 76.1 Å². The van der Waals surface area contributed by atoms with E-state index in [2.05, 4.69) is 5.32 Å². The van der Waals surface area contributed by atoms with Gasteiger partial charge < -0.3 is 14.5 Å². The smallest absolute Gasteiger partial charge is 0.287 e. The largest absolute Gasteiger partial charge is 0.486 e. The van der Waals surface area contributed by atoms with Crippen molar-refractivity contribution in [2.24, 2.45) is 0 Å². The second-order valence-corrected chi connectivity index (χ2v) is 6.13. The van der Waals surface area contributed by atoms with Crippen LogP contribution in [0.15, 0.2) is 58.3 Å². The van der Waals surface area contributed by atoms with E-state index in [-0.39, 0.29) is 24.1 Å². The molecule has 0 fully saturated rings. The summed E-state index contributed by atoms with van der Waals surface area (Å²) in [6.45, 7) is 0.732. The molecule has 1 amide bonds. The van der Waals surface area contributed by atoms with Crippen LogP contribution in [0.4, 0.5) is 4.39 Å². The van der Waals surface area contributed by atoms with Gasteiger partial charge in [-0.15, -0.1) is 11.3 Å². The van der Waals surface area contributed by atoms with E-state index in [4.69, 9.17) is 9.15 Å². The molecule has 0 bridgehead atoms. The third kappa shape index (κ3) is 4.45.